The Labute approximate surface area is 165 Å². The van der Waals surface area contributed by atoms with Crippen LogP contribution in [0.2, 0.25) is 0 Å². The molecule has 2 N–H and O–H groups in total. The quantitative estimate of drug-likeness (QED) is 0.659. The molecule has 7 heteroatoms. The van der Waals surface area contributed by atoms with E-state index >= 15 is 0 Å². The lowest BCUT2D eigenvalue weighted by Gasteiger charge is -2.20. The highest BCUT2D eigenvalue weighted by Gasteiger charge is 2.16. The van der Waals surface area contributed by atoms with Gasteiger partial charge in [0.05, 0.1) is 29.0 Å². The van der Waals surface area contributed by atoms with Gasteiger partial charge < -0.3 is 15.2 Å². The Morgan fingerprint density at radius 2 is 2.18 bits per heavy atom. The molecule has 0 atom stereocenters. The van der Waals surface area contributed by atoms with Crippen LogP contribution in [0.3, 0.4) is 0 Å². The number of amides is 1. The maximum Gasteiger partial charge on any atom is 0.222 e. The van der Waals surface area contributed by atoms with Gasteiger partial charge in [0.15, 0.2) is 0 Å². The van der Waals surface area contributed by atoms with Crippen LogP contribution >= 0.6 is 0 Å². The number of aryl methyl sites for hydroxylation is 2. The van der Waals surface area contributed by atoms with Crippen molar-refractivity contribution in [3.63, 3.8) is 0 Å². The maximum absolute atomic E-state index is 12.7. The van der Waals surface area contributed by atoms with E-state index in [1.165, 1.54) is 11.3 Å². The molecule has 0 saturated carbocycles. The second kappa shape index (κ2) is 8.14. The lowest BCUT2D eigenvalue weighted by Crippen LogP contribution is -2.33. The molecular weight excluding hydrogens is 352 g/mol. The molecule has 0 unspecified atom stereocenters. The van der Waals surface area contributed by atoms with Gasteiger partial charge in [-0.1, -0.05) is 6.07 Å². The van der Waals surface area contributed by atoms with Crippen molar-refractivity contribution >= 4 is 16.9 Å². The molecule has 1 aliphatic rings. The number of benzene rings is 1. The summed E-state index contributed by atoms with van der Waals surface area (Å²) in [6.07, 6.45) is 1.92. The minimum absolute atomic E-state index is 0.179. The third-order valence-electron chi connectivity index (χ3n) is 5.35. The van der Waals surface area contributed by atoms with E-state index in [0.29, 0.717) is 25.9 Å². The Kier molecular flexibility index (Phi) is 5.43. The lowest BCUT2D eigenvalue weighted by atomic mass is 10.2. The Hall–Kier alpha value is -2.67. The summed E-state index contributed by atoms with van der Waals surface area (Å²) in [4.78, 5) is 22.6. The number of nitrogens with zero attached hydrogens (tertiary/aromatic N) is 4. The zero-order valence-corrected chi connectivity index (χ0v) is 16.7. The maximum atomic E-state index is 12.7. The van der Waals surface area contributed by atoms with E-state index in [0.717, 1.165) is 48.6 Å². The SMILES string of the molecule is CCN(CCc1nc2ccc(C)cc2[nH]1)C(=O)CCc1cc2n(n1)CCNC2. The number of fused-ring (bicyclic) bond motifs is 2. The van der Waals surface area contributed by atoms with Gasteiger partial charge in [-0.25, -0.2) is 4.98 Å². The van der Waals surface area contributed by atoms with Crippen molar-refractivity contribution in [2.45, 2.75) is 46.2 Å². The monoisotopic (exact) mass is 380 g/mol. The highest BCUT2D eigenvalue weighted by Crippen LogP contribution is 2.14. The number of nitrogens with one attached hydrogen (secondary N) is 2. The molecule has 1 aliphatic heterocycles. The molecule has 3 heterocycles. The second-order valence-electron chi connectivity index (χ2n) is 7.45. The van der Waals surface area contributed by atoms with E-state index in [4.69, 9.17) is 0 Å². The molecule has 1 aromatic carbocycles. The Morgan fingerprint density at radius 1 is 1.29 bits per heavy atom. The molecule has 148 valence electrons. The van der Waals surface area contributed by atoms with Crippen LogP contribution in [0.4, 0.5) is 0 Å². The number of likely N-dealkylation sites (N-methyl/N-ethyl adjacent to an activating group) is 1. The summed E-state index contributed by atoms with van der Waals surface area (Å²) in [5.74, 6) is 1.11. The summed E-state index contributed by atoms with van der Waals surface area (Å²) < 4.78 is 2.05. The third-order valence-corrected chi connectivity index (χ3v) is 5.35. The fourth-order valence-electron chi connectivity index (χ4n) is 3.76. The molecule has 0 fully saturated rings. The van der Waals surface area contributed by atoms with E-state index in [1.54, 1.807) is 0 Å². The Balaban J connectivity index is 1.32. The molecule has 3 aromatic rings. The van der Waals surface area contributed by atoms with E-state index in [-0.39, 0.29) is 5.91 Å². The fraction of sp³-hybridized carbons (Fsp3) is 0.476. The summed E-state index contributed by atoms with van der Waals surface area (Å²) in [7, 11) is 0. The fourth-order valence-corrected chi connectivity index (χ4v) is 3.76. The first-order valence-corrected chi connectivity index (χ1v) is 10.1. The second-order valence-corrected chi connectivity index (χ2v) is 7.45. The van der Waals surface area contributed by atoms with E-state index < -0.39 is 0 Å². The van der Waals surface area contributed by atoms with Crippen LogP contribution in [0.1, 0.15) is 36.1 Å². The molecule has 7 nitrogen and oxygen atoms in total. The van der Waals surface area contributed by atoms with Gasteiger partial charge in [0.1, 0.15) is 5.82 Å². The largest absolute Gasteiger partial charge is 0.343 e. The van der Waals surface area contributed by atoms with Gasteiger partial charge in [-0.15, -0.1) is 0 Å². The predicted molar refractivity (Wildman–Crippen MR) is 109 cm³/mol. The summed E-state index contributed by atoms with van der Waals surface area (Å²) in [6.45, 7) is 8.21. The van der Waals surface area contributed by atoms with Crippen molar-refractivity contribution in [2.75, 3.05) is 19.6 Å². The van der Waals surface area contributed by atoms with Gasteiger partial charge in [0.2, 0.25) is 5.91 Å². The van der Waals surface area contributed by atoms with Crippen molar-refractivity contribution in [1.82, 2.24) is 30.0 Å². The average molecular weight is 380 g/mol. The minimum atomic E-state index is 0.179. The van der Waals surface area contributed by atoms with Crippen LogP contribution in [-0.2, 0) is 30.7 Å². The summed E-state index contributed by atoms with van der Waals surface area (Å²) in [5, 5.41) is 7.97. The zero-order chi connectivity index (χ0) is 19.5. The van der Waals surface area contributed by atoms with Crippen LogP contribution in [0.15, 0.2) is 24.3 Å². The van der Waals surface area contributed by atoms with E-state index in [9.17, 15) is 4.79 Å². The number of hydrogen-bond acceptors (Lipinski definition) is 4. The van der Waals surface area contributed by atoms with Crippen LogP contribution in [0.5, 0.6) is 0 Å². The molecule has 0 saturated heterocycles. The topological polar surface area (TPSA) is 78.8 Å². The molecule has 2 aromatic heterocycles. The van der Waals surface area contributed by atoms with Crippen molar-refractivity contribution < 1.29 is 4.79 Å². The van der Waals surface area contributed by atoms with Gasteiger partial charge in [-0.2, -0.15) is 5.10 Å². The first-order valence-electron chi connectivity index (χ1n) is 10.1. The molecular formula is C21H28N6O. The van der Waals surface area contributed by atoms with E-state index in [1.807, 2.05) is 17.9 Å². The van der Waals surface area contributed by atoms with E-state index in [2.05, 4.69) is 50.2 Å². The number of carbonyl (C=O) groups is 1. The molecule has 4 rings (SSSR count). The first-order chi connectivity index (χ1) is 13.6. The van der Waals surface area contributed by atoms with Gasteiger partial charge >= 0.3 is 0 Å². The van der Waals surface area contributed by atoms with Crippen molar-refractivity contribution in [2.24, 2.45) is 0 Å². The van der Waals surface area contributed by atoms with Crippen LogP contribution in [-0.4, -0.2) is 50.2 Å². The standard InChI is InChI=1S/C21H28N6O/c1-3-26(10-8-20-23-18-6-4-15(2)12-19(18)24-20)21(28)7-5-16-13-17-14-22-9-11-27(17)25-16/h4,6,12-13,22H,3,5,7-11,14H2,1-2H3,(H,23,24). The average Bonchev–Trinajstić information content (AvgIpc) is 3.29. The van der Waals surface area contributed by atoms with Crippen LogP contribution in [0, 0.1) is 6.92 Å². The van der Waals surface area contributed by atoms with Gasteiger partial charge in [0.25, 0.3) is 0 Å². The Morgan fingerprint density at radius 3 is 3.00 bits per heavy atom. The summed E-state index contributed by atoms with van der Waals surface area (Å²) in [5.41, 5.74) is 5.47. The number of H-pyrrole nitrogens is 1. The van der Waals surface area contributed by atoms with Crippen LogP contribution < -0.4 is 5.32 Å². The number of carbonyl (C=O) groups excluding carboxylic acids is 1. The zero-order valence-electron chi connectivity index (χ0n) is 16.7. The first kappa shape index (κ1) is 18.7. The normalized spacial score (nSPS) is 13.6. The molecule has 0 bridgehead atoms. The predicted octanol–water partition coefficient (Wildman–Crippen LogP) is 2.19. The third kappa shape index (κ3) is 4.09. The van der Waals surface area contributed by atoms with Crippen LogP contribution in [0.25, 0.3) is 11.0 Å². The number of rotatable bonds is 7. The van der Waals surface area contributed by atoms with Crippen molar-refractivity contribution in [3.8, 4) is 0 Å². The van der Waals surface area contributed by atoms with Gasteiger partial charge in [-0.05, 0) is 37.6 Å². The smallest absolute Gasteiger partial charge is 0.222 e. The minimum Gasteiger partial charge on any atom is -0.343 e. The molecule has 0 spiro atoms. The Bertz CT molecular complexity index is 949. The highest BCUT2D eigenvalue weighted by molar-refractivity contribution is 5.77. The molecule has 0 aliphatic carbocycles. The highest BCUT2D eigenvalue weighted by atomic mass is 16.2. The number of hydrogen-bond donors (Lipinski definition) is 2. The summed E-state index contributed by atoms with van der Waals surface area (Å²) in [6, 6.07) is 8.33. The number of imidazole rings is 1. The van der Waals surface area contributed by atoms with Gasteiger partial charge in [-0.3, -0.25) is 9.48 Å². The van der Waals surface area contributed by atoms with Crippen molar-refractivity contribution in [1.29, 1.82) is 0 Å². The summed E-state index contributed by atoms with van der Waals surface area (Å²) >= 11 is 0. The number of aromatic amines is 1. The molecule has 0 radical (unpaired) electrons. The molecule has 1 amide bonds. The van der Waals surface area contributed by atoms with Gasteiger partial charge in [0, 0.05) is 45.4 Å². The lowest BCUT2D eigenvalue weighted by molar-refractivity contribution is -0.131. The van der Waals surface area contributed by atoms with Crippen molar-refractivity contribution in [3.05, 3.63) is 47.0 Å². The number of aromatic nitrogens is 4. The molecule has 28 heavy (non-hydrogen) atoms.